The number of hydrogen-bond donors (Lipinski definition) is 0. The highest BCUT2D eigenvalue weighted by molar-refractivity contribution is 7.13. The van der Waals surface area contributed by atoms with E-state index in [1.165, 1.54) is 19.5 Å². The average Bonchev–Trinajstić information content (AvgIpc) is 2.07. The van der Waals surface area contributed by atoms with Crippen LogP contribution in [-0.2, 0) is 0 Å². The van der Waals surface area contributed by atoms with E-state index < -0.39 is 0 Å². The lowest BCUT2D eigenvalue weighted by Gasteiger charge is -2.53. The normalized spacial score (nSPS) is 37.1. The quantitative estimate of drug-likeness (QED) is 0.509. The molecule has 0 saturated carbocycles. The lowest BCUT2D eigenvalue weighted by Crippen LogP contribution is -2.65. The molecule has 11 heavy (non-hydrogen) atoms. The van der Waals surface area contributed by atoms with E-state index in [-0.39, 0.29) is 0 Å². The van der Waals surface area contributed by atoms with Crippen LogP contribution in [0.2, 0.25) is 0 Å². The first-order valence-corrected chi connectivity index (χ1v) is 5.00. The van der Waals surface area contributed by atoms with Gasteiger partial charge in [0.25, 0.3) is 0 Å². The Morgan fingerprint density at radius 3 is 1.91 bits per heavy atom. The Kier molecular flexibility index (Phi) is 3.29. The number of nitrogens with zero attached hydrogens (tertiary/aromatic N) is 2. The summed E-state index contributed by atoms with van der Waals surface area (Å²) in [5.41, 5.74) is 0. The molecule has 3 saturated heterocycles. The van der Waals surface area contributed by atoms with Gasteiger partial charge in [0.2, 0.25) is 0 Å². The lowest BCUT2D eigenvalue weighted by atomic mass is 9.90. The van der Waals surface area contributed by atoms with Gasteiger partial charge >= 0.3 is 0 Å². The van der Waals surface area contributed by atoms with Crippen LogP contribution in [0.1, 0.15) is 20.3 Å². The Balaban J connectivity index is 0.000000281. The summed E-state index contributed by atoms with van der Waals surface area (Å²) in [6.07, 6.45) is 1.43. The van der Waals surface area contributed by atoms with E-state index in [1.54, 1.807) is 0 Å². The zero-order valence-electron chi connectivity index (χ0n) is 7.75. The lowest BCUT2D eigenvalue weighted by molar-refractivity contribution is -0.0182. The van der Waals surface area contributed by atoms with Crippen molar-refractivity contribution < 1.29 is 0 Å². The molecular formula is C8H19N2P. The molecule has 66 valence electrons. The van der Waals surface area contributed by atoms with E-state index in [4.69, 9.17) is 0 Å². The van der Waals surface area contributed by atoms with E-state index in [2.05, 4.69) is 26.0 Å². The molecule has 0 amide bonds. The standard InChI is InChI=1S/C6H13N2P.C2H6/c1-7-5-2-6(7)4-8(9)3-5;1-2/h5-6H,2-4,9H2,1H3;1-2H3. The summed E-state index contributed by atoms with van der Waals surface area (Å²) < 4.78 is 2.35. The summed E-state index contributed by atoms with van der Waals surface area (Å²) >= 11 is 0. The molecule has 3 aliphatic rings. The molecule has 0 aliphatic carbocycles. The molecule has 0 N–H and O–H groups in total. The van der Waals surface area contributed by atoms with Gasteiger partial charge in [-0.1, -0.05) is 23.2 Å². The fourth-order valence-electron chi connectivity index (χ4n) is 1.83. The third-order valence-electron chi connectivity index (χ3n) is 2.59. The minimum Gasteiger partial charge on any atom is -0.298 e. The molecule has 0 radical (unpaired) electrons. The molecule has 3 atom stereocenters. The minimum absolute atomic E-state index is 0.862. The minimum atomic E-state index is 0.862. The van der Waals surface area contributed by atoms with Crippen molar-refractivity contribution in [2.24, 2.45) is 0 Å². The van der Waals surface area contributed by atoms with Crippen LogP contribution in [0.15, 0.2) is 0 Å². The Hall–Kier alpha value is 0.350. The zero-order valence-corrected chi connectivity index (χ0v) is 8.90. The SMILES string of the molecule is CC.CN1C2CC1CN(P)C2. The maximum atomic E-state index is 2.78. The molecule has 3 aliphatic heterocycles. The van der Waals surface area contributed by atoms with Gasteiger partial charge in [-0.05, 0) is 13.5 Å². The number of fused-ring (bicyclic) bond motifs is 2. The van der Waals surface area contributed by atoms with Gasteiger partial charge in [0, 0.05) is 25.2 Å². The first kappa shape index (κ1) is 9.44. The van der Waals surface area contributed by atoms with E-state index in [9.17, 15) is 0 Å². The topological polar surface area (TPSA) is 6.48 Å². The summed E-state index contributed by atoms with van der Waals surface area (Å²) in [5, 5.41) is 0. The fourth-order valence-corrected chi connectivity index (χ4v) is 2.32. The van der Waals surface area contributed by atoms with Crippen molar-refractivity contribution in [2.75, 3.05) is 20.1 Å². The molecule has 3 heterocycles. The molecule has 0 aromatic rings. The molecule has 3 heteroatoms. The van der Waals surface area contributed by atoms with E-state index in [0.717, 1.165) is 12.1 Å². The van der Waals surface area contributed by atoms with Crippen molar-refractivity contribution in [1.29, 1.82) is 0 Å². The third-order valence-corrected chi connectivity index (χ3v) is 3.01. The maximum absolute atomic E-state index is 2.78. The summed E-state index contributed by atoms with van der Waals surface area (Å²) in [6, 6.07) is 1.72. The first-order chi connectivity index (χ1) is 5.27. The molecule has 3 unspecified atom stereocenters. The Morgan fingerprint density at radius 1 is 1.18 bits per heavy atom. The number of piperazine rings is 1. The van der Waals surface area contributed by atoms with Crippen molar-refractivity contribution in [3.63, 3.8) is 0 Å². The van der Waals surface area contributed by atoms with Crippen molar-refractivity contribution in [3.05, 3.63) is 0 Å². The van der Waals surface area contributed by atoms with Crippen LogP contribution in [0.3, 0.4) is 0 Å². The monoisotopic (exact) mass is 174 g/mol. The van der Waals surface area contributed by atoms with E-state index >= 15 is 0 Å². The van der Waals surface area contributed by atoms with Crippen molar-refractivity contribution in [1.82, 2.24) is 9.57 Å². The molecule has 2 bridgehead atoms. The summed E-state index contributed by atoms with van der Waals surface area (Å²) in [5.74, 6) is 0. The maximum Gasteiger partial charge on any atom is 0.0242 e. The van der Waals surface area contributed by atoms with Crippen molar-refractivity contribution >= 4 is 9.39 Å². The first-order valence-electron chi connectivity index (χ1n) is 4.49. The Labute approximate surface area is 72.2 Å². The molecule has 3 rings (SSSR count). The van der Waals surface area contributed by atoms with Crippen LogP contribution < -0.4 is 0 Å². The average molecular weight is 174 g/mol. The predicted molar refractivity (Wildman–Crippen MR) is 52.6 cm³/mol. The number of likely N-dealkylation sites (N-methyl/N-ethyl adjacent to an activating group) is 1. The smallest absolute Gasteiger partial charge is 0.0242 e. The number of hydrogen-bond acceptors (Lipinski definition) is 2. The van der Waals surface area contributed by atoms with Crippen LogP contribution in [-0.4, -0.2) is 41.8 Å². The zero-order chi connectivity index (χ0) is 8.43. The number of rotatable bonds is 0. The van der Waals surface area contributed by atoms with Gasteiger partial charge in [-0.15, -0.1) is 0 Å². The summed E-state index contributed by atoms with van der Waals surface area (Å²) in [7, 11) is 5.02. The van der Waals surface area contributed by atoms with Crippen molar-refractivity contribution in [3.8, 4) is 0 Å². The second-order valence-electron chi connectivity index (χ2n) is 3.16. The molecule has 2 nitrogen and oxygen atoms in total. The molecule has 3 fully saturated rings. The highest BCUT2D eigenvalue weighted by Gasteiger charge is 2.40. The van der Waals surface area contributed by atoms with Crippen LogP contribution >= 0.6 is 9.39 Å². The fraction of sp³-hybridized carbons (Fsp3) is 1.00. The second kappa shape index (κ2) is 3.84. The van der Waals surface area contributed by atoms with Gasteiger partial charge in [-0.2, -0.15) is 0 Å². The largest absolute Gasteiger partial charge is 0.298 e. The Bertz CT molecular complexity index is 117. The molecular weight excluding hydrogens is 155 g/mol. The predicted octanol–water partition coefficient (Wildman–Crippen LogP) is 1.19. The highest BCUT2D eigenvalue weighted by Crippen LogP contribution is 2.31. The van der Waals surface area contributed by atoms with Gasteiger partial charge in [0.15, 0.2) is 0 Å². The second-order valence-corrected chi connectivity index (χ2v) is 3.89. The summed E-state index contributed by atoms with van der Waals surface area (Å²) in [6.45, 7) is 6.50. The summed E-state index contributed by atoms with van der Waals surface area (Å²) in [4.78, 5) is 2.49. The van der Waals surface area contributed by atoms with Crippen LogP contribution in [0.25, 0.3) is 0 Å². The van der Waals surface area contributed by atoms with Crippen LogP contribution in [0.5, 0.6) is 0 Å². The molecule has 0 spiro atoms. The van der Waals surface area contributed by atoms with E-state index in [1.807, 2.05) is 13.8 Å². The van der Waals surface area contributed by atoms with Crippen molar-refractivity contribution in [2.45, 2.75) is 32.4 Å². The van der Waals surface area contributed by atoms with Gasteiger partial charge < -0.3 is 0 Å². The molecule has 0 aromatic carbocycles. The van der Waals surface area contributed by atoms with Crippen LogP contribution in [0.4, 0.5) is 0 Å². The van der Waals surface area contributed by atoms with Gasteiger partial charge in [0.1, 0.15) is 0 Å². The Morgan fingerprint density at radius 2 is 1.64 bits per heavy atom. The van der Waals surface area contributed by atoms with Gasteiger partial charge in [0.05, 0.1) is 0 Å². The van der Waals surface area contributed by atoms with Gasteiger partial charge in [-0.3, -0.25) is 9.57 Å². The van der Waals surface area contributed by atoms with E-state index in [0.29, 0.717) is 0 Å². The molecule has 0 aromatic heterocycles. The third kappa shape index (κ3) is 1.74. The van der Waals surface area contributed by atoms with Gasteiger partial charge in [-0.25, -0.2) is 0 Å². The van der Waals surface area contributed by atoms with Crippen LogP contribution in [0, 0.1) is 0 Å². The number of piperidine rings is 1. The highest BCUT2D eigenvalue weighted by atomic mass is 31.0.